The first-order chi connectivity index (χ1) is 13.3. The third-order valence-electron chi connectivity index (χ3n) is 4.80. The number of hydrogen-bond acceptors (Lipinski definition) is 4. The minimum atomic E-state index is -4.15. The van der Waals surface area contributed by atoms with Crippen molar-refractivity contribution in [3.05, 3.63) is 75.8 Å². The van der Waals surface area contributed by atoms with E-state index in [0.717, 1.165) is 27.4 Å². The summed E-state index contributed by atoms with van der Waals surface area (Å²) >= 11 is 0. The van der Waals surface area contributed by atoms with Gasteiger partial charge in [-0.1, -0.05) is 36.4 Å². The average Bonchev–Trinajstić information content (AvgIpc) is 3.06. The van der Waals surface area contributed by atoms with Gasteiger partial charge in [0.25, 0.3) is 15.7 Å². The van der Waals surface area contributed by atoms with Crippen molar-refractivity contribution in [2.24, 2.45) is 0 Å². The van der Waals surface area contributed by atoms with Crippen LogP contribution in [0, 0.1) is 24.0 Å². The van der Waals surface area contributed by atoms with Crippen molar-refractivity contribution in [1.82, 2.24) is 4.98 Å². The van der Waals surface area contributed by atoms with E-state index < -0.39 is 20.6 Å². The van der Waals surface area contributed by atoms with Crippen molar-refractivity contribution in [3.63, 3.8) is 0 Å². The van der Waals surface area contributed by atoms with Crippen molar-refractivity contribution < 1.29 is 13.3 Å². The minimum Gasteiger partial charge on any atom is -0.353 e. The molecule has 0 amide bonds. The molecule has 0 unspecified atom stereocenters. The number of aryl methyl sites for hydroxylation is 2. The summed E-state index contributed by atoms with van der Waals surface area (Å²) in [6, 6.07) is 14.6. The highest BCUT2D eigenvalue weighted by atomic mass is 32.2. The molecule has 0 aliphatic heterocycles. The van der Waals surface area contributed by atoms with Gasteiger partial charge in [-0.05, 0) is 37.1 Å². The first kappa shape index (κ1) is 18.0. The van der Waals surface area contributed by atoms with E-state index in [1.807, 2.05) is 32.0 Å². The number of para-hydroxylation sites is 2. The lowest BCUT2D eigenvalue weighted by atomic mass is 10.0. The highest BCUT2D eigenvalue weighted by molar-refractivity contribution is 7.92. The number of aromatic nitrogens is 1. The molecule has 0 atom stereocenters. The van der Waals surface area contributed by atoms with Crippen molar-refractivity contribution >= 4 is 43.2 Å². The van der Waals surface area contributed by atoms with Gasteiger partial charge in [-0.3, -0.25) is 14.8 Å². The maximum atomic E-state index is 12.9. The maximum Gasteiger partial charge on any atom is 0.289 e. The molecule has 1 aromatic heterocycles. The summed E-state index contributed by atoms with van der Waals surface area (Å²) in [5.74, 6) is 0. The van der Waals surface area contributed by atoms with Gasteiger partial charge in [-0.15, -0.1) is 0 Å². The molecular formula is C20H17N3O4S. The lowest BCUT2D eigenvalue weighted by Gasteiger charge is -2.09. The normalized spacial score (nSPS) is 11.8. The molecular weight excluding hydrogens is 378 g/mol. The summed E-state index contributed by atoms with van der Waals surface area (Å²) < 4.78 is 28.3. The number of fused-ring (bicyclic) bond motifs is 3. The van der Waals surface area contributed by atoms with Crippen LogP contribution >= 0.6 is 0 Å². The topological polar surface area (TPSA) is 105 Å². The Balaban J connectivity index is 1.91. The van der Waals surface area contributed by atoms with E-state index in [1.54, 1.807) is 12.1 Å². The third-order valence-corrected chi connectivity index (χ3v) is 6.21. The lowest BCUT2D eigenvalue weighted by molar-refractivity contribution is -0.387. The van der Waals surface area contributed by atoms with Gasteiger partial charge in [0.05, 0.1) is 16.1 Å². The molecule has 0 aliphatic rings. The fraction of sp³-hybridized carbons (Fsp3) is 0.100. The van der Waals surface area contributed by atoms with Crippen molar-refractivity contribution in [1.29, 1.82) is 0 Å². The average molecular weight is 395 g/mol. The molecule has 1 heterocycles. The molecule has 0 bridgehead atoms. The van der Waals surface area contributed by atoms with Gasteiger partial charge in [0, 0.05) is 22.4 Å². The lowest BCUT2D eigenvalue weighted by Crippen LogP contribution is -2.15. The van der Waals surface area contributed by atoms with E-state index in [4.69, 9.17) is 0 Å². The first-order valence-corrected chi connectivity index (χ1v) is 10.0. The van der Waals surface area contributed by atoms with Crippen LogP contribution in [-0.2, 0) is 10.0 Å². The molecule has 0 aliphatic carbocycles. The Bertz CT molecular complexity index is 1360. The van der Waals surface area contributed by atoms with Crippen molar-refractivity contribution in [3.8, 4) is 0 Å². The minimum absolute atomic E-state index is 0.339. The summed E-state index contributed by atoms with van der Waals surface area (Å²) in [4.78, 5) is 13.5. The van der Waals surface area contributed by atoms with E-state index in [2.05, 4.69) is 9.71 Å². The number of nitrogens with one attached hydrogen (secondary N) is 2. The molecule has 142 valence electrons. The van der Waals surface area contributed by atoms with Crippen LogP contribution in [0.3, 0.4) is 0 Å². The van der Waals surface area contributed by atoms with Gasteiger partial charge in [0.2, 0.25) is 0 Å². The zero-order valence-electron chi connectivity index (χ0n) is 15.2. The molecule has 4 aromatic rings. The molecule has 0 saturated carbocycles. The molecule has 3 aromatic carbocycles. The number of nitro groups is 1. The highest BCUT2D eigenvalue weighted by Crippen LogP contribution is 2.35. The van der Waals surface area contributed by atoms with Crippen LogP contribution in [0.5, 0.6) is 0 Å². The van der Waals surface area contributed by atoms with Gasteiger partial charge in [-0.2, -0.15) is 0 Å². The predicted octanol–water partition coefficient (Wildman–Crippen LogP) is 4.65. The Morgan fingerprint density at radius 3 is 2.39 bits per heavy atom. The largest absolute Gasteiger partial charge is 0.353 e. The molecule has 0 spiro atoms. The maximum absolute atomic E-state index is 12.9. The fourth-order valence-electron chi connectivity index (χ4n) is 3.46. The summed E-state index contributed by atoms with van der Waals surface area (Å²) in [5, 5.41) is 13.2. The van der Waals surface area contributed by atoms with Crippen LogP contribution < -0.4 is 4.72 Å². The summed E-state index contributed by atoms with van der Waals surface area (Å²) in [7, 11) is -4.15. The van der Waals surface area contributed by atoms with Crippen LogP contribution in [0.2, 0.25) is 0 Å². The second-order valence-electron chi connectivity index (χ2n) is 6.63. The van der Waals surface area contributed by atoms with Crippen LogP contribution in [0.25, 0.3) is 21.8 Å². The number of hydrogen-bond donors (Lipinski definition) is 2. The summed E-state index contributed by atoms with van der Waals surface area (Å²) in [5.41, 5.74) is 3.57. The Morgan fingerprint density at radius 1 is 0.929 bits per heavy atom. The first-order valence-electron chi connectivity index (χ1n) is 8.56. The van der Waals surface area contributed by atoms with Crippen LogP contribution in [0.15, 0.2) is 59.5 Å². The van der Waals surface area contributed by atoms with Gasteiger partial charge >= 0.3 is 0 Å². The van der Waals surface area contributed by atoms with Crippen LogP contribution in [-0.4, -0.2) is 18.3 Å². The Morgan fingerprint density at radius 2 is 1.64 bits per heavy atom. The Hall–Kier alpha value is -3.39. The number of nitrogens with zero attached hydrogens (tertiary/aromatic N) is 1. The number of benzene rings is 3. The standard InChI is InChI=1S/C20H17N3O4S/c1-12-10-11-13(2)19-18(12)14-6-5-7-15(20(14)21-19)22-28(26,27)17-9-4-3-8-16(17)23(24)25/h3-11,21-22H,1-2H3. The summed E-state index contributed by atoms with van der Waals surface area (Å²) in [6.07, 6.45) is 0. The van der Waals surface area contributed by atoms with E-state index in [9.17, 15) is 18.5 Å². The zero-order valence-corrected chi connectivity index (χ0v) is 16.0. The molecule has 2 N–H and O–H groups in total. The van der Waals surface area contributed by atoms with E-state index >= 15 is 0 Å². The quantitative estimate of drug-likeness (QED) is 0.388. The number of anilines is 1. The SMILES string of the molecule is Cc1ccc(C)c2c1[nH]c1c(NS(=O)(=O)c3ccccc3[N+](=O)[O-])cccc12. The van der Waals surface area contributed by atoms with Crippen molar-refractivity contribution in [2.75, 3.05) is 4.72 Å². The Kier molecular flexibility index (Phi) is 4.08. The van der Waals surface area contributed by atoms with Crippen LogP contribution in [0.4, 0.5) is 11.4 Å². The Labute approximate surface area is 161 Å². The monoisotopic (exact) mass is 395 g/mol. The van der Waals surface area contributed by atoms with Crippen molar-refractivity contribution in [2.45, 2.75) is 18.7 Å². The highest BCUT2D eigenvalue weighted by Gasteiger charge is 2.26. The van der Waals surface area contributed by atoms with Gasteiger partial charge < -0.3 is 4.98 Å². The smallest absolute Gasteiger partial charge is 0.289 e. The number of sulfonamides is 1. The fourth-order valence-corrected chi connectivity index (χ4v) is 4.70. The molecule has 8 heteroatoms. The van der Waals surface area contributed by atoms with Crippen LogP contribution in [0.1, 0.15) is 11.1 Å². The van der Waals surface area contributed by atoms with Gasteiger partial charge in [-0.25, -0.2) is 8.42 Å². The second kappa shape index (κ2) is 6.35. The number of nitro benzene ring substituents is 1. The molecule has 0 radical (unpaired) electrons. The third kappa shape index (κ3) is 2.78. The van der Waals surface area contributed by atoms with E-state index in [1.165, 1.54) is 24.3 Å². The summed E-state index contributed by atoms with van der Waals surface area (Å²) in [6.45, 7) is 3.98. The number of rotatable bonds is 4. The molecule has 0 fully saturated rings. The number of aromatic amines is 1. The second-order valence-corrected chi connectivity index (χ2v) is 8.28. The van der Waals surface area contributed by atoms with Gasteiger partial charge in [0.15, 0.2) is 4.90 Å². The van der Waals surface area contributed by atoms with E-state index in [-0.39, 0.29) is 4.90 Å². The molecule has 0 saturated heterocycles. The number of H-pyrrole nitrogens is 1. The zero-order chi connectivity index (χ0) is 20.1. The van der Waals surface area contributed by atoms with E-state index in [0.29, 0.717) is 11.2 Å². The molecule has 4 rings (SSSR count). The molecule has 7 nitrogen and oxygen atoms in total. The predicted molar refractivity (Wildman–Crippen MR) is 109 cm³/mol. The molecule has 28 heavy (non-hydrogen) atoms. The van der Waals surface area contributed by atoms with Gasteiger partial charge in [0.1, 0.15) is 0 Å².